The van der Waals surface area contributed by atoms with Gasteiger partial charge in [0.05, 0.1) is 16.1 Å². The van der Waals surface area contributed by atoms with Crippen LogP contribution in [0.5, 0.6) is 0 Å². The molecule has 0 bridgehead atoms. The second-order valence-electron chi connectivity index (χ2n) is 5.94. The fourth-order valence-electron chi connectivity index (χ4n) is 2.76. The number of aromatic nitrogens is 3. The van der Waals surface area contributed by atoms with Gasteiger partial charge in [0, 0.05) is 22.6 Å². The van der Waals surface area contributed by atoms with Crippen molar-refractivity contribution in [2.24, 2.45) is 0 Å². The second-order valence-corrected chi connectivity index (χ2v) is 8.98. The number of thiophene rings is 1. The minimum atomic E-state index is -0.0183. The number of nitrogens with zero attached hydrogens (tertiary/aromatic N) is 3. The molecule has 1 aromatic carbocycles. The summed E-state index contributed by atoms with van der Waals surface area (Å²) in [6.07, 6.45) is 1.73. The molecule has 4 nitrogen and oxygen atoms in total. The van der Waals surface area contributed by atoms with Crippen molar-refractivity contribution in [1.82, 2.24) is 14.5 Å². The predicted molar refractivity (Wildman–Crippen MR) is 116 cm³/mol. The Labute approximate surface area is 169 Å². The van der Waals surface area contributed by atoms with E-state index in [-0.39, 0.29) is 5.56 Å². The van der Waals surface area contributed by atoms with E-state index in [2.05, 4.69) is 16.9 Å². The quantitative estimate of drug-likeness (QED) is 0.243. The topological polar surface area (TPSA) is 47.8 Å². The van der Waals surface area contributed by atoms with Crippen molar-refractivity contribution < 1.29 is 0 Å². The second kappa shape index (κ2) is 7.80. The molecule has 0 aliphatic rings. The fourth-order valence-corrected chi connectivity index (χ4v) is 5.45. The highest BCUT2D eigenvalue weighted by Crippen LogP contribution is 2.32. The molecule has 0 fully saturated rings. The van der Waals surface area contributed by atoms with Crippen molar-refractivity contribution in [2.45, 2.75) is 24.4 Å². The molecule has 4 rings (SSSR count). The van der Waals surface area contributed by atoms with Crippen LogP contribution in [0.4, 0.5) is 0 Å². The van der Waals surface area contributed by atoms with E-state index in [0.29, 0.717) is 22.8 Å². The van der Waals surface area contributed by atoms with Gasteiger partial charge in [-0.05, 0) is 18.6 Å². The van der Waals surface area contributed by atoms with Gasteiger partial charge in [-0.3, -0.25) is 9.36 Å². The maximum Gasteiger partial charge on any atom is 0.263 e. The Hall–Kier alpha value is -2.22. The first-order chi connectivity index (χ1) is 13.2. The van der Waals surface area contributed by atoms with E-state index in [1.807, 2.05) is 43.3 Å². The van der Waals surface area contributed by atoms with Crippen molar-refractivity contribution in [3.63, 3.8) is 0 Å². The lowest BCUT2D eigenvalue weighted by atomic mass is 10.2. The van der Waals surface area contributed by atoms with Gasteiger partial charge in [-0.1, -0.05) is 48.2 Å². The maximum absolute atomic E-state index is 13.1. The Balaban J connectivity index is 1.76. The minimum absolute atomic E-state index is 0.0183. The van der Waals surface area contributed by atoms with E-state index >= 15 is 0 Å². The number of allylic oxidation sites excluding steroid dienone is 1. The van der Waals surface area contributed by atoms with Crippen molar-refractivity contribution in [3.8, 4) is 10.4 Å². The molecule has 3 aromatic heterocycles. The summed E-state index contributed by atoms with van der Waals surface area (Å²) < 4.78 is 1.70. The highest BCUT2D eigenvalue weighted by Gasteiger charge is 2.15. The van der Waals surface area contributed by atoms with Crippen molar-refractivity contribution >= 4 is 44.7 Å². The Bertz CT molecular complexity index is 1160. The summed E-state index contributed by atoms with van der Waals surface area (Å²) in [5.74, 6) is 0.691. The Kier molecular flexibility index (Phi) is 5.24. The Morgan fingerprint density at radius 2 is 2.07 bits per heavy atom. The molecule has 27 heavy (non-hydrogen) atoms. The number of hydrogen-bond donors (Lipinski definition) is 0. The van der Waals surface area contributed by atoms with Gasteiger partial charge in [0.1, 0.15) is 4.83 Å². The predicted octanol–water partition coefficient (Wildman–Crippen LogP) is 5.37. The summed E-state index contributed by atoms with van der Waals surface area (Å²) in [7, 11) is 0. The van der Waals surface area contributed by atoms with E-state index in [9.17, 15) is 4.79 Å². The van der Waals surface area contributed by atoms with Gasteiger partial charge in [-0.15, -0.1) is 29.3 Å². The molecule has 0 aliphatic heterocycles. The van der Waals surface area contributed by atoms with E-state index < -0.39 is 0 Å². The van der Waals surface area contributed by atoms with Crippen molar-refractivity contribution in [2.75, 3.05) is 0 Å². The summed E-state index contributed by atoms with van der Waals surface area (Å²) in [6, 6.07) is 12.0. The van der Waals surface area contributed by atoms with Crippen molar-refractivity contribution in [3.05, 3.63) is 75.5 Å². The normalized spacial score (nSPS) is 11.1. The third-order valence-electron chi connectivity index (χ3n) is 4.00. The molecule has 0 N–H and O–H groups in total. The zero-order valence-corrected chi connectivity index (χ0v) is 17.2. The average Bonchev–Trinajstić information content (AvgIpc) is 3.30. The third-order valence-corrected chi connectivity index (χ3v) is 6.91. The molecule has 0 saturated heterocycles. The molecule has 0 saturated carbocycles. The largest absolute Gasteiger partial charge is 0.283 e. The van der Waals surface area contributed by atoms with Crippen LogP contribution in [0.25, 0.3) is 20.7 Å². The fraction of sp³-hybridized carbons (Fsp3) is 0.150. The van der Waals surface area contributed by atoms with Crippen LogP contribution in [0.15, 0.2) is 64.4 Å². The van der Waals surface area contributed by atoms with Crippen LogP contribution in [0.2, 0.25) is 0 Å². The smallest absolute Gasteiger partial charge is 0.263 e. The molecule has 4 aromatic rings. The van der Waals surface area contributed by atoms with Crippen LogP contribution >= 0.6 is 34.4 Å². The first-order valence-electron chi connectivity index (χ1n) is 8.40. The number of thioether (sulfide) groups is 1. The molecule has 0 atom stereocenters. The average molecular weight is 412 g/mol. The lowest BCUT2D eigenvalue weighted by Crippen LogP contribution is -2.22. The summed E-state index contributed by atoms with van der Waals surface area (Å²) in [4.78, 5) is 24.2. The number of aryl methyl sites for hydroxylation is 1. The third kappa shape index (κ3) is 3.76. The Morgan fingerprint density at radius 3 is 2.78 bits per heavy atom. The monoisotopic (exact) mass is 411 g/mol. The van der Waals surface area contributed by atoms with Crippen LogP contribution in [0.1, 0.15) is 10.7 Å². The van der Waals surface area contributed by atoms with E-state index in [1.54, 1.807) is 45.1 Å². The van der Waals surface area contributed by atoms with Crippen LogP contribution in [0.3, 0.4) is 0 Å². The number of thiazole rings is 1. The van der Waals surface area contributed by atoms with Gasteiger partial charge < -0.3 is 0 Å². The van der Waals surface area contributed by atoms with E-state index in [0.717, 1.165) is 26.0 Å². The summed E-state index contributed by atoms with van der Waals surface area (Å²) in [6.45, 7) is 6.22. The zero-order valence-electron chi connectivity index (χ0n) is 14.7. The van der Waals surface area contributed by atoms with Gasteiger partial charge in [-0.2, -0.15) is 0 Å². The zero-order chi connectivity index (χ0) is 18.8. The minimum Gasteiger partial charge on any atom is -0.283 e. The van der Waals surface area contributed by atoms with Gasteiger partial charge in [-0.25, -0.2) is 9.97 Å². The number of rotatable bonds is 6. The summed E-state index contributed by atoms with van der Waals surface area (Å²) in [5.41, 5.74) is 2.09. The van der Waals surface area contributed by atoms with Crippen LogP contribution < -0.4 is 5.56 Å². The molecule has 3 heterocycles. The number of benzene rings is 1. The molecule has 0 amide bonds. The number of hydrogen-bond acceptors (Lipinski definition) is 6. The van der Waals surface area contributed by atoms with Gasteiger partial charge >= 0.3 is 0 Å². The molecule has 0 spiro atoms. The number of fused-ring (bicyclic) bond motifs is 1. The first kappa shape index (κ1) is 18.2. The molecule has 7 heteroatoms. The molecular weight excluding hydrogens is 394 g/mol. The lowest BCUT2D eigenvalue weighted by Gasteiger charge is -2.09. The van der Waals surface area contributed by atoms with Gasteiger partial charge in [0.2, 0.25) is 0 Å². The van der Waals surface area contributed by atoms with Crippen LogP contribution in [-0.4, -0.2) is 14.5 Å². The highest BCUT2D eigenvalue weighted by atomic mass is 32.2. The van der Waals surface area contributed by atoms with Crippen LogP contribution in [-0.2, 0) is 12.3 Å². The van der Waals surface area contributed by atoms with Crippen molar-refractivity contribution in [1.29, 1.82) is 0 Å². The highest BCUT2D eigenvalue weighted by molar-refractivity contribution is 7.98. The van der Waals surface area contributed by atoms with Crippen LogP contribution in [0, 0.1) is 6.92 Å². The molecule has 0 unspecified atom stereocenters. The SMILES string of the molecule is C=CCn1c(SCc2csc(C)n2)nc2sc(-c3ccccc3)cc2c1=O. The summed E-state index contributed by atoms with van der Waals surface area (Å²) >= 11 is 4.73. The molecule has 136 valence electrons. The molecule has 0 radical (unpaired) electrons. The van der Waals surface area contributed by atoms with E-state index in [4.69, 9.17) is 4.98 Å². The summed E-state index contributed by atoms with van der Waals surface area (Å²) in [5, 5.41) is 4.47. The standard InChI is InChI=1S/C20H17N3OS3/c1-3-9-23-19(24)16-10-17(14-7-5-4-6-8-14)27-18(16)22-20(23)26-12-15-11-25-13(2)21-15/h3-8,10-11H,1,9,12H2,2H3. The molecule has 0 aliphatic carbocycles. The lowest BCUT2D eigenvalue weighted by molar-refractivity contribution is 0.672. The van der Waals surface area contributed by atoms with E-state index in [1.165, 1.54) is 0 Å². The maximum atomic E-state index is 13.1. The first-order valence-corrected chi connectivity index (χ1v) is 11.1. The van der Waals surface area contributed by atoms with Gasteiger partial charge in [0.15, 0.2) is 5.16 Å². The molecular formula is C20H17N3OS3. The Morgan fingerprint density at radius 1 is 1.26 bits per heavy atom. The van der Waals surface area contributed by atoms with Gasteiger partial charge in [0.25, 0.3) is 5.56 Å².